The Bertz CT molecular complexity index is 460. The zero-order chi connectivity index (χ0) is 14.4. The number of carbonyl (C=O) groups excluding carboxylic acids is 2. The molecule has 0 unspecified atom stereocenters. The van der Waals surface area contributed by atoms with E-state index in [2.05, 4.69) is 6.92 Å². The fraction of sp³-hybridized carbons (Fsp3) is 0.429. The third-order valence-electron chi connectivity index (χ3n) is 2.99. The summed E-state index contributed by atoms with van der Waals surface area (Å²) in [7, 11) is 1.39. The standard InChI is InChI=1S/C14H21N3O2/c1-4-5-10-17(14(19)16(3)13(15)18)12-9-7-6-8-11(12)2/h6-9H,4-5,10H2,1-3H3,(H2,15,18). The molecular weight excluding hydrogens is 242 g/mol. The molecule has 0 radical (unpaired) electrons. The molecule has 0 spiro atoms. The lowest BCUT2D eigenvalue weighted by molar-refractivity contribution is 0.204. The first kappa shape index (κ1) is 15.0. The minimum atomic E-state index is -0.750. The van der Waals surface area contributed by atoms with Crippen molar-refractivity contribution in [2.75, 3.05) is 18.5 Å². The number of hydrogen-bond acceptors (Lipinski definition) is 2. The molecule has 0 fully saturated rings. The number of nitrogens with two attached hydrogens (primary N) is 1. The maximum Gasteiger partial charge on any atom is 0.332 e. The number of aryl methyl sites for hydroxylation is 1. The van der Waals surface area contributed by atoms with Crippen molar-refractivity contribution in [1.29, 1.82) is 0 Å². The highest BCUT2D eigenvalue weighted by Crippen LogP contribution is 2.21. The highest BCUT2D eigenvalue weighted by molar-refractivity contribution is 6.01. The average Bonchev–Trinajstić information content (AvgIpc) is 2.39. The van der Waals surface area contributed by atoms with Gasteiger partial charge in [0.1, 0.15) is 0 Å². The Morgan fingerprint density at radius 1 is 1.26 bits per heavy atom. The van der Waals surface area contributed by atoms with E-state index in [9.17, 15) is 9.59 Å². The average molecular weight is 263 g/mol. The molecule has 0 heterocycles. The fourth-order valence-electron chi connectivity index (χ4n) is 1.78. The summed E-state index contributed by atoms with van der Waals surface area (Å²) in [5.41, 5.74) is 6.96. The third kappa shape index (κ3) is 3.71. The summed E-state index contributed by atoms with van der Waals surface area (Å²) in [6.07, 6.45) is 1.84. The van der Waals surface area contributed by atoms with E-state index in [1.54, 1.807) is 4.90 Å². The molecule has 1 aromatic rings. The van der Waals surface area contributed by atoms with Gasteiger partial charge in [-0.2, -0.15) is 0 Å². The van der Waals surface area contributed by atoms with Crippen LogP contribution in [0.2, 0.25) is 0 Å². The Labute approximate surface area is 114 Å². The monoisotopic (exact) mass is 263 g/mol. The molecule has 0 aliphatic rings. The van der Waals surface area contributed by atoms with Gasteiger partial charge in [-0.25, -0.2) is 14.5 Å². The SMILES string of the molecule is CCCCN(C(=O)N(C)C(N)=O)c1ccccc1C. The second-order valence-electron chi connectivity index (χ2n) is 4.47. The molecule has 19 heavy (non-hydrogen) atoms. The number of amides is 4. The van der Waals surface area contributed by atoms with Crippen LogP contribution in [0, 0.1) is 6.92 Å². The lowest BCUT2D eigenvalue weighted by Gasteiger charge is -2.27. The highest BCUT2D eigenvalue weighted by atomic mass is 16.2. The van der Waals surface area contributed by atoms with Gasteiger partial charge in [-0.3, -0.25) is 4.90 Å². The summed E-state index contributed by atoms with van der Waals surface area (Å²) in [4.78, 5) is 26.0. The minimum Gasteiger partial charge on any atom is -0.351 e. The van der Waals surface area contributed by atoms with Crippen molar-refractivity contribution >= 4 is 17.7 Å². The van der Waals surface area contributed by atoms with Crippen molar-refractivity contribution in [1.82, 2.24) is 4.90 Å². The number of carbonyl (C=O) groups is 2. The van der Waals surface area contributed by atoms with E-state index in [4.69, 9.17) is 5.73 Å². The van der Waals surface area contributed by atoms with E-state index in [1.807, 2.05) is 31.2 Å². The summed E-state index contributed by atoms with van der Waals surface area (Å²) in [5.74, 6) is 0. The molecule has 0 aliphatic heterocycles. The van der Waals surface area contributed by atoms with Gasteiger partial charge in [0.2, 0.25) is 0 Å². The van der Waals surface area contributed by atoms with Crippen LogP contribution in [0.4, 0.5) is 15.3 Å². The molecule has 0 aliphatic carbocycles. The number of benzene rings is 1. The number of para-hydroxylation sites is 1. The van der Waals surface area contributed by atoms with Crippen LogP contribution >= 0.6 is 0 Å². The molecule has 4 amide bonds. The lowest BCUT2D eigenvalue weighted by atomic mass is 10.1. The van der Waals surface area contributed by atoms with Gasteiger partial charge < -0.3 is 5.73 Å². The summed E-state index contributed by atoms with van der Waals surface area (Å²) in [6, 6.07) is 6.46. The maximum atomic E-state index is 12.3. The van der Waals surface area contributed by atoms with Crippen LogP contribution in [0.1, 0.15) is 25.3 Å². The Kier molecular flexibility index (Phi) is 5.36. The van der Waals surface area contributed by atoms with Crippen LogP contribution in [-0.2, 0) is 0 Å². The van der Waals surface area contributed by atoms with Crippen molar-refractivity contribution in [2.45, 2.75) is 26.7 Å². The number of primary amides is 1. The molecular formula is C14H21N3O2. The zero-order valence-corrected chi connectivity index (χ0v) is 11.7. The van der Waals surface area contributed by atoms with Crippen LogP contribution in [0.15, 0.2) is 24.3 Å². The smallest absolute Gasteiger partial charge is 0.332 e. The number of rotatable bonds is 4. The molecule has 0 aromatic heterocycles. The van der Waals surface area contributed by atoms with Gasteiger partial charge in [0.15, 0.2) is 0 Å². The summed E-state index contributed by atoms with van der Waals surface area (Å²) in [5, 5.41) is 0. The van der Waals surface area contributed by atoms with E-state index >= 15 is 0 Å². The van der Waals surface area contributed by atoms with Gasteiger partial charge in [-0.15, -0.1) is 0 Å². The molecule has 0 bridgehead atoms. The summed E-state index contributed by atoms with van der Waals surface area (Å²) >= 11 is 0. The second-order valence-corrected chi connectivity index (χ2v) is 4.47. The van der Waals surface area contributed by atoms with Crippen molar-refractivity contribution in [2.24, 2.45) is 5.73 Å². The minimum absolute atomic E-state index is 0.393. The summed E-state index contributed by atoms with van der Waals surface area (Å²) in [6.45, 7) is 4.56. The van der Waals surface area contributed by atoms with E-state index in [0.717, 1.165) is 29.0 Å². The number of urea groups is 2. The molecule has 2 N–H and O–H groups in total. The van der Waals surface area contributed by atoms with E-state index in [0.29, 0.717) is 6.54 Å². The van der Waals surface area contributed by atoms with Gasteiger partial charge in [-0.1, -0.05) is 31.5 Å². The fourth-order valence-corrected chi connectivity index (χ4v) is 1.78. The van der Waals surface area contributed by atoms with Gasteiger partial charge in [0.05, 0.1) is 0 Å². The van der Waals surface area contributed by atoms with E-state index < -0.39 is 12.1 Å². The molecule has 5 nitrogen and oxygen atoms in total. The number of nitrogens with zero attached hydrogens (tertiary/aromatic N) is 2. The van der Waals surface area contributed by atoms with Crippen LogP contribution < -0.4 is 10.6 Å². The van der Waals surface area contributed by atoms with Crippen molar-refractivity contribution < 1.29 is 9.59 Å². The maximum absolute atomic E-state index is 12.3. The number of anilines is 1. The first-order valence-corrected chi connectivity index (χ1v) is 6.39. The van der Waals surface area contributed by atoms with Crippen molar-refractivity contribution in [3.05, 3.63) is 29.8 Å². The first-order valence-electron chi connectivity index (χ1n) is 6.39. The Morgan fingerprint density at radius 2 is 1.89 bits per heavy atom. The van der Waals surface area contributed by atoms with Crippen LogP contribution in [0.25, 0.3) is 0 Å². The predicted octanol–water partition coefficient (Wildman–Crippen LogP) is 2.73. The normalized spacial score (nSPS) is 10.1. The Morgan fingerprint density at radius 3 is 2.42 bits per heavy atom. The topological polar surface area (TPSA) is 66.6 Å². The molecule has 1 aromatic carbocycles. The lowest BCUT2D eigenvalue weighted by Crippen LogP contribution is -2.47. The van der Waals surface area contributed by atoms with Gasteiger partial charge >= 0.3 is 12.1 Å². The molecule has 0 atom stereocenters. The van der Waals surface area contributed by atoms with Gasteiger partial charge in [-0.05, 0) is 25.0 Å². The summed E-state index contributed by atoms with van der Waals surface area (Å²) < 4.78 is 0. The second kappa shape index (κ2) is 6.78. The molecule has 104 valence electrons. The number of hydrogen-bond donors (Lipinski definition) is 1. The van der Waals surface area contributed by atoms with Crippen LogP contribution in [0.5, 0.6) is 0 Å². The van der Waals surface area contributed by atoms with E-state index in [-0.39, 0.29) is 0 Å². The van der Waals surface area contributed by atoms with Crippen molar-refractivity contribution in [3.8, 4) is 0 Å². The highest BCUT2D eigenvalue weighted by Gasteiger charge is 2.23. The van der Waals surface area contributed by atoms with Crippen molar-refractivity contribution in [3.63, 3.8) is 0 Å². The zero-order valence-electron chi connectivity index (χ0n) is 11.7. The van der Waals surface area contributed by atoms with Gasteiger partial charge in [0.25, 0.3) is 0 Å². The molecule has 5 heteroatoms. The first-order chi connectivity index (χ1) is 8.99. The number of imide groups is 1. The Hall–Kier alpha value is -2.04. The molecule has 0 saturated carbocycles. The largest absolute Gasteiger partial charge is 0.351 e. The molecule has 1 rings (SSSR count). The van der Waals surface area contributed by atoms with Crippen LogP contribution in [0.3, 0.4) is 0 Å². The van der Waals surface area contributed by atoms with Crippen LogP contribution in [-0.4, -0.2) is 30.6 Å². The van der Waals surface area contributed by atoms with Gasteiger partial charge in [0, 0.05) is 19.3 Å². The Balaban J connectivity index is 3.04. The number of unbranched alkanes of at least 4 members (excludes halogenated alkanes) is 1. The quantitative estimate of drug-likeness (QED) is 0.907. The van der Waals surface area contributed by atoms with E-state index in [1.165, 1.54) is 7.05 Å². The molecule has 0 saturated heterocycles. The predicted molar refractivity (Wildman–Crippen MR) is 76.2 cm³/mol. The third-order valence-corrected chi connectivity index (χ3v) is 2.99.